The Morgan fingerprint density at radius 2 is 2.00 bits per heavy atom. The highest BCUT2D eigenvalue weighted by Gasteiger charge is 2.10. The Balaban J connectivity index is 2.83. The van der Waals surface area contributed by atoms with Gasteiger partial charge in [-0.05, 0) is 36.6 Å². The first-order valence-corrected chi connectivity index (χ1v) is 6.20. The maximum atomic E-state index is 6.15. The molecule has 1 aromatic carbocycles. The predicted molar refractivity (Wildman–Crippen MR) is 75.1 cm³/mol. The molecule has 0 saturated carbocycles. The molecule has 17 heavy (non-hydrogen) atoms. The average molecular weight is 249 g/mol. The molecule has 0 aliphatic heterocycles. The van der Waals surface area contributed by atoms with E-state index in [2.05, 4.69) is 25.2 Å². The van der Waals surface area contributed by atoms with Gasteiger partial charge in [0.25, 0.3) is 0 Å². The van der Waals surface area contributed by atoms with Crippen LogP contribution in [0.25, 0.3) is 10.9 Å². The lowest BCUT2D eigenvalue weighted by molar-refractivity contribution is 0.830. The zero-order chi connectivity index (χ0) is 12.6. The molecule has 90 valence electrons. The number of nitrogens with one attached hydrogen (secondary N) is 1. The van der Waals surface area contributed by atoms with Gasteiger partial charge in [0.2, 0.25) is 0 Å². The van der Waals surface area contributed by atoms with Gasteiger partial charge < -0.3 is 5.32 Å². The van der Waals surface area contributed by atoms with E-state index in [1.54, 1.807) is 0 Å². The van der Waals surface area contributed by atoms with Crippen molar-refractivity contribution in [3.05, 3.63) is 34.5 Å². The Hall–Kier alpha value is -1.28. The zero-order valence-electron chi connectivity index (χ0n) is 10.6. The van der Waals surface area contributed by atoms with Gasteiger partial charge in [-0.1, -0.05) is 25.4 Å². The molecule has 0 radical (unpaired) electrons. The van der Waals surface area contributed by atoms with Crippen molar-refractivity contribution in [2.45, 2.75) is 26.7 Å². The van der Waals surface area contributed by atoms with E-state index < -0.39 is 0 Å². The van der Waals surface area contributed by atoms with Crippen molar-refractivity contribution in [3.63, 3.8) is 0 Å². The Bertz CT molecular complexity index is 562. The maximum Gasteiger partial charge on any atom is 0.0770 e. The summed E-state index contributed by atoms with van der Waals surface area (Å²) in [6, 6.07) is 6.06. The molecule has 0 amide bonds. The van der Waals surface area contributed by atoms with E-state index in [0.29, 0.717) is 5.92 Å². The number of aromatic nitrogens is 1. The number of hydrogen-bond acceptors (Lipinski definition) is 2. The highest BCUT2D eigenvalue weighted by atomic mass is 35.5. The number of anilines is 1. The molecule has 0 aliphatic rings. The number of nitrogens with zero attached hydrogens (tertiary/aromatic N) is 1. The summed E-state index contributed by atoms with van der Waals surface area (Å²) in [7, 11) is 1.93. The lowest BCUT2D eigenvalue weighted by atomic mass is 10.0. The molecule has 0 saturated heterocycles. The smallest absolute Gasteiger partial charge is 0.0770 e. The van der Waals surface area contributed by atoms with Crippen molar-refractivity contribution in [2.24, 2.45) is 0 Å². The molecule has 0 atom stereocenters. The molecule has 1 aromatic heterocycles. The second kappa shape index (κ2) is 4.53. The van der Waals surface area contributed by atoms with E-state index in [1.807, 2.05) is 26.1 Å². The van der Waals surface area contributed by atoms with Crippen molar-refractivity contribution in [2.75, 3.05) is 12.4 Å². The van der Waals surface area contributed by atoms with Crippen LogP contribution in [0, 0.1) is 6.92 Å². The van der Waals surface area contributed by atoms with Crippen LogP contribution in [0.2, 0.25) is 5.02 Å². The largest absolute Gasteiger partial charge is 0.388 e. The lowest BCUT2D eigenvalue weighted by Crippen LogP contribution is -1.99. The summed E-state index contributed by atoms with van der Waals surface area (Å²) in [6.07, 6.45) is 0. The fourth-order valence-electron chi connectivity index (χ4n) is 1.93. The van der Waals surface area contributed by atoms with Crippen LogP contribution in [-0.2, 0) is 0 Å². The first-order chi connectivity index (χ1) is 8.04. The third-order valence-corrected chi connectivity index (χ3v) is 3.46. The van der Waals surface area contributed by atoms with E-state index in [1.165, 1.54) is 0 Å². The van der Waals surface area contributed by atoms with Crippen LogP contribution in [0.3, 0.4) is 0 Å². The van der Waals surface area contributed by atoms with Gasteiger partial charge in [-0.25, -0.2) is 0 Å². The van der Waals surface area contributed by atoms with E-state index in [9.17, 15) is 0 Å². The molecular formula is C14H17ClN2. The SMILES string of the molecule is CNc1cc(C(C)C)nc2c(C)c(Cl)ccc12. The molecule has 0 unspecified atom stereocenters. The summed E-state index contributed by atoms with van der Waals surface area (Å²) in [6.45, 7) is 6.31. The summed E-state index contributed by atoms with van der Waals surface area (Å²) in [5.41, 5.74) is 4.24. The van der Waals surface area contributed by atoms with Gasteiger partial charge >= 0.3 is 0 Å². The number of halogens is 1. The van der Waals surface area contributed by atoms with Crippen LogP contribution in [0.5, 0.6) is 0 Å². The Labute approximate surface area is 107 Å². The molecule has 1 heterocycles. The lowest BCUT2D eigenvalue weighted by Gasteiger charge is -2.13. The van der Waals surface area contributed by atoms with Gasteiger partial charge in [-0.2, -0.15) is 0 Å². The van der Waals surface area contributed by atoms with E-state index >= 15 is 0 Å². The quantitative estimate of drug-likeness (QED) is 0.854. The molecule has 0 fully saturated rings. The van der Waals surface area contributed by atoms with Gasteiger partial charge in [0.1, 0.15) is 0 Å². The number of pyridine rings is 1. The summed E-state index contributed by atoms with van der Waals surface area (Å²) in [4.78, 5) is 4.72. The second-order valence-electron chi connectivity index (χ2n) is 4.57. The van der Waals surface area contributed by atoms with Crippen molar-refractivity contribution < 1.29 is 0 Å². The monoisotopic (exact) mass is 248 g/mol. The fourth-order valence-corrected chi connectivity index (χ4v) is 2.08. The van der Waals surface area contributed by atoms with Crippen molar-refractivity contribution in [3.8, 4) is 0 Å². The minimum absolute atomic E-state index is 0.407. The molecule has 0 bridgehead atoms. The molecule has 0 aliphatic carbocycles. The number of hydrogen-bond donors (Lipinski definition) is 1. The van der Waals surface area contributed by atoms with Crippen LogP contribution in [-0.4, -0.2) is 12.0 Å². The van der Waals surface area contributed by atoms with Crippen LogP contribution in [0.1, 0.15) is 31.0 Å². The molecular weight excluding hydrogens is 232 g/mol. The zero-order valence-corrected chi connectivity index (χ0v) is 11.4. The first kappa shape index (κ1) is 12.2. The van der Waals surface area contributed by atoms with Crippen LogP contribution < -0.4 is 5.32 Å². The molecule has 3 heteroatoms. The van der Waals surface area contributed by atoms with Crippen LogP contribution >= 0.6 is 11.6 Å². The maximum absolute atomic E-state index is 6.15. The van der Waals surface area contributed by atoms with Crippen molar-refractivity contribution in [1.82, 2.24) is 4.98 Å². The number of benzene rings is 1. The van der Waals surface area contributed by atoms with Crippen LogP contribution in [0.4, 0.5) is 5.69 Å². The van der Waals surface area contributed by atoms with E-state index in [-0.39, 0.29) is 0 Å². The van der Waals surface area contributed by atoms with Gasteiger partial charge in [0.05, 0.1) is 5.52 Å². The molecule has 2 aromatic rings. The average Bonchev–Trinajstić information content (AvgIpc) is 2.32. The summed E-state index contributed by atoms with van der Waals surface area (Å²) in [5, 5.41) is 5.12. The Morgan fingerprint density at radius 3 is 2.59 bits per heavy atom. The molecule has 0 spiro atoms. The van der Waals surface area contributed by atoms with Crippen molar-refractivity contribution >= 4 is 28.2 Å². The first-order valence-electron chi connectivity index (χ1n) is 5.82. The standard InChI is InChI=1S/C14H17ClN2/c1-8(2)12-7-13(16-4)10-5-6-11(15)9(3)14(10)17-12/h5-8H,1-4H3,(H,16,17). The predicted octanol–water partition coefficient (Wildman–Crippen LogP) is 4.36. The van der Waals surface area contributed by atoms with Crippen LogP contribution in [0.15, 0.2) is 18.2 Å². The molecule has 2 nitrogen and oxygen atoms in total. The minimum Gasteiger partial charge on any atom is -0.388 e. The van der Waals surface area contributed by atoms with Gasteiger partial charge in [-0.3, -0.25) is 4.98 Å². The number of fused-ring (bicyclic) bond motifs is 1. The normalized spacial score (nSPS) is 11.2. The number of aryl methyl sites for hydroxylation is 1. The molecule has 1 N–H and O–H groups in total. The second-order valence-corrected chi connectivity index (χ2v) is 4.98. The highest BCUT2D eigenvalue weighted by molar-refractivity contribution is 6.32. The van der Waals surface area contributed by atoms with E-state index in [4.69, 9.17) is 16.6 Å². The summed E-state index contributed by atoms with van der Waals surface area (Å²) >= 11 is 6.15. The molecule has 2 rings (SSSR count). The van der Waals surface area contributed by atoms with Crippen molar-refractivity contribution in [1.29, 1.82) is 0 Å². The topological polar surface area (TPSA) is 24.9 Å². The summed E-state index contributed by atoms with van der Waals surface area (Å²) in [5.74, 6) is 0.407. The number of rotatable bonds is 2. The Kier molecular flexibility index (Phi) is 3.25. The van der Waals surface area contributed by atoms with Gasteiger partial charge in [0, 0.05) is 28.8 Å². The third kappa shape index (κ3) is 2.09. The Morgan fingerprint density at radius 1 is 1.29 bits per heavy atom. The fraction of sp³-hybridized carbons (Fsp3) is 0.357. The van der Waals surface area contributed by atoms with E-state index in [0.717, 1.165) is 32.9 Å². The third-order valence-electron chi connectivity index (χ3n) is 3.05. The van der Waals surface area contributed by atoms with Gasteiger partial charge in [-0.15, -0.1) is 0 Å². The highest BCUT2D eigenvalue weighted by Crippen LogP contribution is 2.31. The van der Waals surface area contributed by atoms with Gasteiger partial charge in [0.15, 0.2) is 0 Å². The summed E-state index contributed by atoms with van der Waals surface area (Å²) < 4.78 is 0. The minimum atomic E-state index is 0.407.